The molecule has 0 saturated carbocycles. The number of likely N-dealkylation sites (N-methyl/N-ethyl adjacent to an activating group) is 2. The van der Waals surface area contributed by atoms with Crippen molar-refractivity contribution < 1.29 is 35.9 Å². The zero-order valence-corrected chi connectivity index (χ0v) is 51.0. The molecule has 4 aliphatic rings. The minimum atomic E-state index is -2.73. The Bertz CT molecular complexity index is 3620. The van der Waals surface area contributed by atoms with Crippen LogP contribution in [0.4, 0.5) is 26.3 Å². The molecule has 2 fully saturated rings. The SMILES string of the molecule is CC1C(=O)N(C)Cc2c(-c3cccc4nc(-c5cnn(C)c5)c(C(F)F)cc34)nc(C3CN(CCF)C3)n21.CC1C(=O)N(C)Cc2c(-c3cccc4nc(-c5cnn(C)c5)c(C(F)F)cc34)nc(C3CNC3)n21.CCN(CC)CC.FCCI. The Labute approximate surface area is 498 Å². The van der Waals surface area contributed by atoms with Crippen LogP contribution in [0, 0.1) is 0 Å². The van der Waals surface area contributed by atoms with Gasteiger partial charge in [0.1, 0.15) is 30.4 Å². The van der Waals surface area contributed by atoms with E-state index in [2.05, 4.69) is 51.2 Å². The Morgan fingerprint density at radius 1 is 0.631 bits per heavy atom. The van der Waals surface area contributed by atoms with E-state index < -0.39 is 25.6 Å². The standard InChI is InChI=1S/C27H28F3N7O.C25H25F2N7O.C6H15N.C2H4FI/c1-15-27(38)34(2)14-22-24(33-26(37(15)22)17-12-36(13-17)8-7-28)18-5-4-6-21-19(18)9-20(25(29)30)23(32-21)16-10-31-35(3)11-16;1-13-25(35)32(2)12-20-22(31-24(34(13)20)14-8-28-9-14)16-5-4-6-19-17(16)7-18(23(26)27)21(30-19)15-10-29-33(3)11-15;1-4-7(5-2)6-3;3-1-2-4/h4-6,9-11,15,17,25H,7-8,12-14H2,1-3H3;4-7,10-11,13-14,23,28H,8-9,12H2,1-3H3;4-6H2,1-3H3;1-2H2. The number of likely N-dealkylation sites (tertiary alicyclic amines) is 1. The van der Waals surface area contributed by atoms with Crippen molar-refractivity contribution in [3.8, 4) is 45.0 Å². The topological polar surface area (TPSA) is 156 Å². The minimum Gasteiger partial charge on any atom is -0.338 e. The Morgan fingerprint density at radius 3 is 1.39 bits per heavy atom. The molecule has 1 N–H and O–H groups in total. The number of nitrogens with zero attached hydrogens (tertiary/aromatic N) is 14. The largest absolute Gasteiger partial charge is 0.338 e. The molecule has 2 atom stereocenters. The molecule has 12 rings (SSSR count). The number of aromatic nitrogens is 10. The second kappa shape index (κ2) is 26.7. The Balaban J connectivity index is 0.000000172. The van der Waals surface area contributed by atoms with E-state index in [4.69, 9.17) is 9.97 Å². The van der Waals surface area contributed by atoms with Gasteiger partial charge in [0.25, 0.3) is 12.9 Å². The number of hydrogen-bond donors (Lipinski definition) is 1. The number of amides is 2. The van der Waals surface area contributed by atoms with Crippen molar-refractivity contribution in [1.29, 1.82) is 0 Å². The number of carbonyl (C=O) groups is 2. The highest BCUT2D eigenvalue weighted by Gasteiger charge is 2.40. The smallest absolute Gasteiger partial charge is 0.265 e. The molecule has 84 heavy (non-hydrogen) atoms. The molecule has 17 nitrogen and oxygen atoms in total. The predicted octanol–water partition coefficient (Wildman–Crippen LogP) is 10.7. The third-order valence-electron chi connectivity index (χ3n) is 16.1. The number of aryl methyl sites for hydroxylation is 2. The summed E-state index contributed by atoms with van der Waals surface area (Å²) in [5.41, 5.74) is 6.96. The van der Waals surface area contributed by atoms with E-state index in [0.717, 1.165) is 47.4 Å². The zero-order chi connectivity index (χ0) is 60.3. The van der Waals surface area contributed by atoms with Gasteiger partial charge < -0.3 is 29.2 Å². The summed E-state index contributed by atoms with van der Waals surface area (Å²) >= 11 is 1.98. The molecular formula is C60H72F6IN15O2. The van der Waals surface area contributed by atoms with E-state index in [9.17, 15) is 35.9 Å². The average molecular weight is 1280 g/mol. The molecule has 0 bridgehead atoms. The quantitative estimate of drug-likeness (QED) is 0.0628. The van der Waals surface area contributed by atoms with E-state index in [1.807, 2.05) is 80.8 Å². The van der Waals surface area contributed by atoms with Gasteiger partial charge in [-0.2, -0.15) is 10.2 Å². The monoisotopic (exact) mass is 1280 g/mol. The maximum atomic E-state index is 14.3. The predicted molar refractivity (Wildman–Crippen MR) is 322 cm³/mol. The number of fused-ring (bicyclic) bond motifs is 4. The van der Waals surface area contributed by atoms with Crippen molar-refractivity contribution in [3.63, 3.8) is 0 Å². The number of carbonyl (C=O) groups excluding carboxylic acids is 2. The lowest BCUT2D eigenvalue weighted by molar-refractivity contribution is -0.136. The van der Waals surface area contributed by atoms with Gasteiger partial charge in [0.2, 0.25) is 11.8 Å². The summed E-state index contributed by atoms with van der Waals surface area (Å²) < 4.78 is 88.4. The molecule has 2 amide bonds. The van der Waals surface area contributed by atoms with E-state index in [0.29, 0.717) is 81.3 Å². The lowest BCUT2D eigenvalue weighted by Crippen LogP contribution is -2.48. The molecular weight excluding hydrogens is 1200 g/mol. The van der Waals surface area contributed by atoms with Gasteiger partial charge in [0.15, 0.2) is 0 Å². The molecule has 0 radical (unpaired) electrons. The van der Waals surface area contributed by atoms with Crippen LogP contribution in [-0.4, -0.2) is 164 Å². The average Bonchev–Trinajstić information content (AvgIpc) is 3.31. The molecule has 0 aliphatic carbocycles. The fraction of sp³-hybridized carbons (Fsp3) is 0.467. The lowest BCUT2D eigenvalue weighted by Gasteiger charge is -2.40. The van der Waals surface area contributed by atoms with Gasteiger partial charge >= 0.3 is 0 Å². The van der Waals surface area contributed by atoms with Crippen molar-refractivity contribution in [2.45, 2.75) is 84.5 Å². The third-order valence-corrected chi connectivity index (χ3v) is 16.5. The molecule has 2 aromatic carbocycles. The first-order valence-electron chi connectivity index (χ1n) is 28.3. The molecule has 0 spiro atoms. The van der Waals surface area contributed by atoms with E-state index in [1.54, 1.807) is 72.0 Å². The lowest BCUT2D eigenvalue weighted by atomic mass is 9.98. The maximum absolute atomic E-state index is 14.3. The van der Waals surface area contributed by atoms with Crippen LogP contribution in [0.15, 0.2) is 73.3 Å². The van der Waals surface area contributed by atoms with Gasteiger partial charge in [-0.15, -0.1) is 0 Å². The van der Waals surface area contributed by atoms with Gasteiger partial charge in [0, 0.05) is 134 Å². The first kappa shape index (κ1) is 61.8. The number of pyridine rings is 2. The molecule has 2 saturated heterocycles. The summed E-state index contributed by atoms with van der Waals surface area (Å²) in [4.78, 5) is 52.8. The van der Waals surface area contributed by atoms with Crippen LogP contribution in [0.3, 0.4) is 0 Å². The van der Waals surface area contributed by atoms with Gasteiger partial charge in [-0.3, -0.25) is 28.2 Å². The summed E-state index contributed by atoms with van der Waals surface area (Å²) in [5.74, 6) is 1.95. The van der Waals surface area contributed by atoms with E-state index >= 15 is 0 Å². The second-order valence-electron chi connectivity index (χ2n) is 21.5. The van der Waals surface area contributed by atoms with Gasteiger partial charge in [-0.25, -0.2) is 41.9 Å². The number of hydrogen-bond acceptors (Lipinski definition) is 11. The Morgan fingerprint density at radius 2 is 1.06 bits per heavy atom. The highest BCUT2D eigenvalue weighted by Crippen LogP contribution is 2.43. The molecule has 4 aliphatic heterocycles. The van der Waals surface area contributed by atoms with Crippen molar-refractivity contribution in [2.24, 2.45) is 14.1 Å². The fourth-order valence-corrected chi connectivity index (χ4v) is 11.5. The van der Waals surface area contributed by atoms with Crippen LogP contribution in [0.1, 0.15) is 106 Å². The molecule has 10 heterocycles. The first-order chi connectivity index (χ1) is 40.4. The number of imidazole rings is 2. The summed E-state index contributed by atoms with van der Waals surface area (Å²) in [6.45, 7) is 17.3. The molecule has 8 aromatic rings. The van der Waals surface area contributed by atoms with Gasteiger partial charge in [-0.1, -0.05) is 67.6 Å². The molecule has 448 valence electrons. The number of halogens is 7. The van der Waals surface area contributed by atoms with E-state index in [1.165, 1.54) is 38.0 Å². The number of rotatable bonds is 14. The summed E-state index contributed by atoms with van der Waals surface area (Å²) in [6.07, 6.45) is 0.988. The van der Waals surface area contributed by atoms with Gasteiger partial charge in [-0.05, 0) is 57.7 Å². The fourth-order valence-electron chi connectivity index (χ4n) is 11.5. The second-order valence-corrected chi connectivity index (χ2v) is 22.6. The van der Waals surface area contributed by atoms with Gasteiger partial charge in [0.05, 0.1) is 77.4 Å². The number of benzene rings is 2. The Kier molecular flexibility index (Phi) is 19.6. The summed E-state index contributed by atoms with van der Waals surface area (Å²) in [7, 11) is 7.00. The molecule has 24 heteroatoms. The van der Waals surface area contributed by atoms with Crippen molar-refractivity contribution in [3.05, 3.63) is 107 Å². The highest BCUT2D eigenvalue weighted by atomic mass is 127. The van der Waals surface area contributed by atoms with Crippen molar-refractivity contribution in [1.82, 2.24) is 73.5 Å². The van der Waals surface area contributed by atoms with Crippen LogP contribution < -0.4 is 5.32 Å². The molecule has 2 unspecified atom stereocenters. The van der Waals surface area contributed by atoms with Crippen LogP contribution >= 0.6 is 22.6 Å². The number of nitrogens with one attached hydrogen (secondary N) is 1. The zero-order valence-electron chi connectivity index (χ0n) is 48.8. The highest BCUT2D eigenvalue weighted by molar-refractivity contribution is 14.1. The van der Waals surface area contributed by atoms with E-state index in [-0.39, 0.29) is 58.9 Å². The summed E-state index contributed by atoms with van der Waals surface area (Å²) in [6, 6.07) is 13.3. The van der Waals surface area contributed by atoms with Crippen LogP contribution in [0.2, 0.25) is 0 Å². The van der Waals surface area contributed by atoms with Crippen LogP contribution in [-0.2, 0) is 36.8 Å². The Hall–Kier alpha value is -6.77. The van der Waals surface area contributed by atoms with Crippen LogP contribution in [0.5, 0.6) is 0 Å². The molecule has 6 aromatic heterocycles. The van der Waals surface area contributed by atoms with Crippen molar-refractivity contribution in [2.75, 3.05) is 84.2 Å². The van der Waals surface area contributed by atoms with Crippen LogP contribution in [0.25, 0.3) is 66.8 Å². The van der Waals surface area contributed by atoms with Crippen molar-refractivity contribution >= 4 is 56.2 Å². The first-order valence-corrected chi connectivity index (χ1v) is 29.9. The summed E-state index contributed by atoms with van der Waals surface area (Å²) in [5, 5.41) is 12.7. The number of alkyl halides is 7. The minimum absolute atomic E-state index is 0.0108. The maximum Gasteiger partial charge on any atom is 0.265 e. The third kappa shape index (κ3) is 12.3. The normalized spacial score (nSPS) is 17.2.